The third kappa shape index (κ3) is 4.82. The van der Waals surface area contributed by atoms with Crippen LogP contribution in [-0.4, -0.2) is 51.7 Å². The summed E-state index contributed by atoms with van der Waals surface area (Å²) in [6.07, 6.45) is 6.54. The van der Waals surface area contributed by atoms with Crippen LogP contribution in [0.1, 0.15) is 0 Å². The Labute approximate surface area is 207 Å². The molecule has 2 N–H and O–H groups in total. The molecule has 35 heavy (non-hydrogen) atoms. The van der Waals surface area contributed by atoms with Gasteiger partial charge >= 0.3 is 0 Å². The van der Waals surface area contributed by atoms with Crippen molar-refractivity contribution in [2.45, 2.75) is 0 Å². The van der Waals surface area contributed by atoms with E-state index in [1.165, 1.54) is 6.08 Å². The summed E-state index contributed by atoms with van der Waals surface area (Å²) in [5.41, 5.74) is 3.85. The number of carbonyl (C=O) groups excluding carboxylic acids is 1. The number of ether oxygens (including phenoxy) is 1. The number of fused-ring (bicyclic) bond motifs is 1. The minimum atomic E-state index is -0.263. The summed E-state index contributed by atoms with van der Waals surface area (Å²) in [5, 5.41) is 7.39. The van der Waals surface area contributed by atoms with Gasteiger partial charge in [-0.2, -0.15) is 0 Å². The van der Waals surface area contributed by atoms with Gasteiger partial charge in [0.2, 0.25) is 11.9 Å². The fourth-order valence-corrected chi connectivity index (χ4v) is 4.22. The molecule has 0 aliphatic carbocycles. The van der Waals surface area contributed by atoms with E-state index >= 15 is 0 Å². The van der Waals surface area contributed by atoms with Crippen molar-refractivity contribution in [2.75, 3.05) is 41.8 Å². The van der Waals surface area contributed by atoms with Gasteiger partial charge in [-0.3, -0.25) is 4.79 Å². The molecule has 9 nitrogen and oxygen atoms in total. The number of nitrogens with zero attached hydrogens (tertiary/aromatic N) is 5. The van der Waals surface area contributed by atoms with Crippen molar-refractivity contribution in [1.82, 2.24) is 19.5 Å². The van der Waals surface area contributed by atoms with Gasteiger partial charge in [0.25, 0.3) is 0 Å². The van der Waals surface area contributed by atoms with Gasteiger partial charge in [-0.1, -0.05) is 24.2 Å². The number of aromatic nitrogens is 4. The first-order valence-electron chi connectivity index (χ1n) is 11.1. The molecule has 0 radical (unpaired) electrons. The number of pyridine rings is 1. The third-order valence-corrected chi connectivity index (χ3v) is 6.06. The number of nitrogens with one attached hydrogen (secondary N) is 2. The number of amides is 1. The van der Waals surface area contributed by atoms with Gasteiger partial charge in [0, 0.05) is 43.0 Å². The molecule has 1 aliphatic rings. The lowest BCUT2D eigenvalue weighted by atomic mass is 10.1. The molecular weight excluding hydrogens is 466 g/mol. The highest BCUT2D eigenvalue weighted by Crippen LogP contribution is 2.35. The zero-order valence-corrected chi connectivity index (χ0v) is 19.9. The Morgan fingerprint density at radius 2 is 1.94 bits per heavy atom. The Bertz CT molecular complexity index is 1400. The molecule has 1 amide bonds. The van der Waals surface area contributed by atoms with Crippen LogP contribution in [0.25, 0.3) is 22.2 Å². The third-order valence-electron chi connectivity index (χ3n) is 5.78. The molecule has 1 saturated heterocycles. The standard InChI is InChI=1S/C25H24ClN7O2/c1-3-23(34)29-16-4-6-18-19(15-32(2)21(18)12-16)24-20(26)14-28-25(31-24)30-17-5-7-22(27-13-17)33-8-10-35-11-9-33/h3-7,12-15H,1,8-11H2,2H3,(H,29,34)(H,28,30,31). The number of carbonyl (C=O) groups is 1. The van der Waals surface area contributed by atoms with E-state index in [0.29, 0.717) is 35.6 Å². The minimum Gasteiger partial charge on any atom is -0.378 e. The van der Waals surface area contributed by atoms with Crippen molar-refractivity contribution in [1.29, 1.82) is 0 Å². The van der Waals surface area contributed by atoms with Gasteiger partial charge < -0.3 is 24.8 Å². The fourth-order valence-electron chi connectivity index (χ4n) is 4.03. The summed E-state index contributed by atoms with van der Waals surface area (Å²) in [6.45, 7) is 6.57. The second-order valence-electron chi connectivity index (χ2n) is 8.10. The number of anilines is 4. The molecule has 0 unspecified atom stereocenters. The van der Waals surface area contributed by atoms with E-state index in [-0.39, 0.29) is 5.91 Å². The molecule has 10 heteroatoms. The van der Waals surface area contributed by atoms with Crippen LogP contribution in [0.5, 0.6) is 0 Å². The Morgan fingerprint density at radius 1 is 1.14 bits per heavy atom. The summed E-state index contributed by atoms with van der Waals surface area (Å²) >= 11 is 6.51. The van der Waals surface area contributed by atoms with E-state index in [4.69, 9.17) is 21.3 Å². The summed E-state index contributed by atoms with van der Waals surface area (Å²) in [4.78, 5) is 27.5. The molecule has 5 rings (SSSR count). The first-order valence-corrected chi connectivity index (χ1v) is 11.5. The molecule has 1 aromatic carbocycles. The normalized spacial score (nSPS) is 13.6. The van der Waals surface area contributed by atoms with E-state index in [1.807, 2.05) is 48.1 Å². The predicted molar refractivity (Wildman–Crippen MR) is 138 cm³/mol. The molecule has 0 spiro atoms. The van der Waals surface area contributed by atoms with Crippen molar-refractivity contribution in [3.8, 4) is 11.3 Å². The van der Waals surface area contributed by atoms with Gasteiger partial charge in [-0.15, -0.1) is 0 Å². The largest absolute Gasteiger partial charge is 0.378 e. The molecule has 4 aromatic rings. The lowest BCUT2D eigenvalue weighted by molar-refractivity contribution is -0.111. The average Bonchev–Trinajstić information content (AvgIpc) is 3.21. The maximum absolute atomic E-state index is 11.7. The number of morpholine rings is 1. The van der Waals surface area contributed by atoms with Crippen LogP contribution in [0, 0.1) is 0 Å². The number of hydrogen-bond acceptors (Lipinski definition) is 7. The number of halogens is 1. The summed E-state index contributed by atoms with van der Waals surface area (Å²) in [5.74, 6) is 1.06. The number of benzene rings is 1. The van der Waals surface area contributed by atoms with Gasteiger partial charge in [0.05, 0.1) is 47.5 Å². The Balaban J connectivity index is 1.41. The van der Waals surface area contributed by atoms with E-state index in [0.717, 1.165) is 41.1 Å². The van der Waals surface area contributed by atoms with Crippen LogP contribution in [-0.2, 0) is 16.6 Å². The van der Waals surface area contributed by atoms with Gasteiger partial charge in [0.15, 0.2) is 0 Å². The first-order chi connectivity index (χ1) is 17.0. The van der Waals surface area contributed by atoms with Crippen molar-refractivity contribution < 1.29 is 9.53 Å². The summed E-state index contributed by atoms with van der Waals surface area (Å²) in [6, 6.07) is 9.59. The maximum atomic E-state index is 11.7. The molecule has 3 aromatic heterocycles. The Kier molecular flexibility index (Phi) is 6.35. The molecular formula is C25H24ClN7O2. The summed E-state index contributed by atoms with van der Waals surface area (Å²) in [7, 11) is 1.93. The predicted octanol–water partition coefficient (Wildman–Crippen LogP) is 4.39. The summed E-state index contributed by atoms with van der Waals surface area (Å²) < 4.78 is 7.37. The first kappa shape index (κ1) is 22.8. The quantitative estimate of drug-likeness (QED) is 0.388. The molecule has 1 fully saturated rings. The van der Waals surface area contributed by atoms with Crippen molar-refractivity contribution in [3.05, 3.63) is 66.6 Å². The van der Waals surface area contributed by atoms with E-state index < -0.39 is 0 Å². The van der Waals surface area contributed by atoms with Crippen LogP contribution in [0.4, 0.5) is 23.1 Å². The van der Waals surface area contributed by atoms with Crippen LogP contribution in [0.15, 0.2) is 61.6 Å². The molecule has 0 atom stereocenters. The average molecular weight is 490 g/mol. The van der Waals surface area contributed by atoms with E-state index in [2.05, 4.69) is 32.1 Å². The Morgan fingerprint density at radius 3 is 2.69 bits per heavy atom. The second-order valence-corrected chi connectivity index (χ2v) is 8.51. The van der Waals surface area contributed by atoms with Crippen molar-refractivity contribution in [2.24, 2.45) is 7.05 Å². The topological polar surface area (TPSA) is 97.2 Å². The number of hydrogen-bond donors (Lipinski definition) is 2. The maximum Gasteiger partial charge on any atom is 0.247 e. The second kappa shape index (κ2) is 9.73. The molecule has 178 valence electrons. The molecule has 0 bridgehead atoms. The van der Waals surface area contributed by atoms with Crippen LogP contribution < -0.4 is 15.5 Å². The SMILES string of the molecule is C=CC(=O)Nc1ccc2c(-c3nc(Nc4ccc(N5CCOCC5)nc4)ncc3Cl)cn(C)c2c1. The van der Waals surface area contributed by atoms with Gasteiger partial charge in [0.1, 0.15) is 5.82 Å². The molecule has 0 saturated carbocycles. The molecule has 1 aliphatic heterocycles. The highest BCUT2D eigenvalue weighted by atomic mass is 35.5. The fraction of sp³-hybridized carbons (Fsp3) is 0.200. The zero-order chi connectivity index (χ0) is 24.4. The number of aryl methyl sites for hydroxylation is 1. The smallest absolute Gasteiger partial charge is 0.247 e. The van der Waals surface area contributed by atoms with Crippen LogP contribution in [0.3, 0.4) is 0 Å². The van der Waals surface area contributed by atoms with Crippen LogP contribution in [0.2, 0.25) is 5.02 Å². The highest BCUT2D eigenvalue weighted by Gasteiger charge is 2.16. The minimum absolute atomic E-state index is 0.263. The lowest BCUT2D eigenvalue weighted by Crippen LogP contribution is -2.36. The van der Waals surface area contributed by atoms with Crippen LogP contribution >= 0.6 is 11.6 Å². The van der Waals surface area contributed by atoms with E-state index in [9.17, 15) is 4.79 Å². The van der Waals surface area contributed by atoms with Crippen molar-refractivity contribution >= 4 is 51.6 Å². The van der Waals surface area contributed by atoms with Gasteiger partial charge in [-0.25, -0.2) is 15.0 Å². The van der Waals surface area contributed by atoms with Crippen molar-refractivity contribution in [3.63, 3.8) is 0 Å². The zero-order valence-electron chi connectivity index (χ0n) is 19.2. The van der Waals surface area contributed by atoms with Gasteiger partial charge in [-0.05, 0) is 30.3 Å². The number of rotatable bonds is 6. The molecule has 4 heterocycles. The Hall–Kier alpha value is -3.95. The van der Waals surface area contributed by atoms with E-state index in [1.54, 1.807) is 12.4 Å². The monoisotopic (exact) mass is 489 g/mol. The highest BCUT2D eigenvalue weighted by molar-refractivity contribution is 6.33. The lowest BCUT2D eigenvalue weighted by Gasteiger charge is -2.27.